The first kappa shape index (κ1) is 17.5. The van der Waals surface area contributed by atoms with E-state index in [0.717, 1.165) is 14.7 Å². The summed E-state index contributed by atoms with van der Waals surface area (Å²) in [7, 11) is -2.24. The molecule has 1 saturated heterocycles. The number of sulfonamides is 1. The second-order valence-electron chi connectivity index (χ2n) is 5.72. The number of hydrogen-bond acceptors (Lipinski definition) is 5. The van der Waals surface area contributed by atoms with Crippen molar-refractivity contribution in [2.24, 2.45) is 0 Å². The Kier molecular flexibility index (Phi) is 4.28. The molecule has 0 radical (unpaired) electrons. The smallest absolute Gasteiger partial charge is 0.239 e. The molecule has 0 unspecified atom stereocenters. The van der Waals surface area contributed by atoms with Crippen LogP contribution in [-0.4, -0.2) is 36.5 Å². The van der Waals surface area contributed by atoms with Gasteiger partial charge in [0.25, 0.3) is 0 Å². The molecule has 0 spiro atoms. The number of hydrogen-bond donors (Lipinski definition) is 2. The Bertz CT molecular complexity index is 929. The number of pyridine rings is 1. The Labute approximate surface area is 154 Å². The number of aromatic nitrogens is 1. The van der Waals surface area contributed by atoms with E-state index >= 15 is 0 Å². The van der Waals surface area contributed by atoms with Gasteiger partial charge >= 0.3 is 0 Å². The lowest BCUT2D eigenvalue weighted by molar-refractivity contribution is 0.419. The number of halogens is 2. The van der Waals surface area contributed by atoms with E-state index < -0.39 is 15.6 Å². The Hall–Kier alpha value is -1.35. The average Bonchev–Trinajstić information content (AvgIpc) is 2.87. The molecule has 1 atom stereocenters. The fourth-order valence-corrected chi connectivity index (χ4v) is 5.71. The lowest BCUT2D eigenvalue weighted by Gasteiger charge is -2.39. The normalized spacial score (nSPS) is 23.2. The van der Waals surface area contributed by atoms with Gasteiger partial charge < -0.3 is 5.32 Å². The summed E-state index contributed by atoms with van der Waals surface area (Å²) < 4.78 is 26.0. The van der Waals surface area contributed by atoms with Gasteiger partial charge in [-0.25, -0.2) is 12.7 Å². The summed E-state index contributed by atoms with van der Waals surface area (Å²) in [5.74, 6) is -0.375. The molecule has 2 aromatic heterocycles. The molecule has 1 fully saturated rings. The Morgan fingerprint density at radius 1 is 1.38 bits per heavy atom. The van der Waals surface area contributed by atoms with Crippen LogP contribution in [0.3, 0.4) is 0 Å². The fraction of sp³-hybridized carbons (Fsp3) is 0.286. The van der Waals surface area contributed by atoms with E-state index in [-0.39, 0.29) is 11.7 Å². The monoisotopic (exact) mass is 404 g/mol. The van der Waals surface area contributed by atoms with Crippen LogP contribution in [0.1, 0.15) is 12.5 Å². The molecule has 128 valence electrons. The molecule has 1 aliphatic rings. The van der Waals surface area contributed by atoms with Gasteiger partial charge in [-0.15, -0.1) is 11.3 Å². The summed E-state index contributed by atoms with van der Waals surface area (Å²) >= 11 is 13.7. The Balaban J connectivity index is 2.06. The first-order chi connectivity index (χ1) is 11.1. The van der Waals surface area contributed by atoms with Crippen molar-refractivity contribution >= 4 is 50.5 Å². The van der Waals surface area contributed by atoms with Gasteiger partial charge in [-0.05, 0) is 19.1 Å². The molecule has 0 aliphatic carbocycles. The molecule has 3 heterocycles. The average molecular weight is 405 g/mol. The topological polar surface area (TPSA) is 86.2 Å². The van der Waals surface area contributed by atoms with Gasteiger partial charge in [0.2, 0.25) is 16.0 Å². The molecular formula is C14H14Cl2N4O2S2. The minimum atomic E-state index is -3.59. The van der Waals surface area contributed by atoms with Crippen molar-refractivity contribution in [3.63, 3.8) is 0 Å². The maximum Gasteiger partial charge on any atom is 0.239 e. The van der Waals surface area contributed by atoms with Gasteiger partial charge in [-0.1, -0.05) is 23.2 Å². The van der Waals surface area contributed by atoms with Gasteiger partial charge in [-0.2, -0.15) is 0 Å². The summed E-state index contributed by atoms with van der Waals surface area (Å²) in [5.41, 5.74) is 0.445. The van der Waals surface area contributed by atoms with Crippen molar-refractivity contribution in [3.8, 4) is 10.4 Å². The van der Waals surface area contributed by atoms with E-state index in [9.17, 15) is 8.42 Å². The van der Waals surface area contributed by atoms with Gasteiger partial charge in [-0.3, -0.25) is 10.4 Å². The molecule has 3 rings (SSSR count). The van der Waals surface area contributed by atoms with Gasteiger partial charge in [0, 0.05) is 35.4 Å². The minimum absolute atomic E-state index is 0.183. The van der Waals surface area contributed by atoms with Crippen LogP contribution in [-0.2, 0) is 15.6 Å². The predicted octanol–water partition coefficient (Wildman–Crippen LogP) is 3.13. The van der Waals surface area contributed by atoms with Crippen LogP contribution in [0.2, 0.25) is 9.36 Å². The molecule has 2 aromatic rings. The van der Waals surface area contributed by atoms with Crippen molar-refractivity contribution < 1.29 is 8.42 Å². The van der Waals surface area contributed by atoms with E-state index in [0.29, 0.717) is 14.9 Å². The molecule has 0 saturated carbocycles. The predicted molar refractivity (Wildman–Crippen MR) is 97.3 cm³/mol. The number of guanidine groups is 1. The zero-order chi connectivity index (χ0) is 17.7. The second-order valence-corrected chi connectivity index (χ2v) is 9.81. The van der Waals surface area contributed by atoms with E-state index in [4.69, 9.17) is 28.6 Å². The minimum Gasteiger partial charge on any atom is -0.345 e. The SMILES string of the molecule is CN1C(=N)N[C@](C)(c2cc(-c3cncc(Cl)c3)sc2Cl)CS1(=O)=O. The molecule has 1 aliphatic heterocycles. The van der Waals surface area contributed by atoms with Crippen molar-refractivity contribution in [1.82, 2.24) is 14.6 Å². The quantitative estimate of drug-likeness (QED) is 0.804. The number of nitrogens with zero attached hydrogens (tertiary/aromatic N) is 2. The summed E-state index contributed by atoms with van der Waals surface area (Å²) in [4.78, 5) is 4.88. The molecule has 6 nitrogen and oxygen atoms in total. The zero-order valence-electron chi connectivity index (χ0n) is 12.8. The Morgan fingerprint density at radius 2 is 2.08 bits per heavy atom. The van der Waals surface area contributed by atoms with Crippen LogP contribution < -0.4 is 5.32 Å². The van der Waals surface area contributed by atoms with Gasteiger partial charge in [0.15, 0.2) is 0 Å². The standard InChI is InChI=1S/C14H14Cl2N4O2S2/c1-14(7-24(21,22)20(2)13(17)19-14)10-4-11(23-12(10)16)8-3-9(15)6-18-5-8/h3-6H,7H2,1-2H3,(H2,17,19)/t14-/m0/s1. The van der Waals surface area contributed by atoms with E-state index in [2.05, 4.69) is 10.3 Å². The third kappa shape index (κ3) is 2.99. The van der Waals surface area contributed by atoms with Crippen molar-refractivity contribution in [2.45, 2.75) is 12.5 Å². The number of thiophene rings is 1. The summed E-state index contributed by atoms with van der Waals surface area (Å²) in [6.45, 7) is 1.72. The molecule has 2 N–H and O–H groups in total. The molecule has 0 bridgehead atoms. The highest BCUT2D eigenvalue weighted by atomic mass is 35.5. The fourth-order valence-electron chi connectivity index (χ4n) is 2.56. The summed E-state index contributed by atoms with van der Waals surface area (Å²) in [5, 5.41) is 11.3. The third-order valence-electron chi connectivity index (χ3n) is 3.87. The van der Waals surface area contributed by atoms with Crippen molar-refractivity contribution in [1.29, 1.82) is 5.41 Å². The van der Waals surface area contributed by atoms with E-state index in [1.165, 1.54) is 24.6 Å². The summed E-state index contributed by atoms with van der Waals surface area (Å²) in [6, 6.07) is 3.59. The molecular weight excluding hydrogens is 391 g/mol. The maximum atomic E-state index is 12.3. The highest BCUT2D eigenvalue weighted by Gasteiger charge is 2.43. The molecule has 0 amide bonds. The third-order valence-corrected chi connectivity index (χ3v) is 7.44. The largest absolute Gasteiger partial charge is 0.345 e. The second kappa shape index (κ2) is 5.87. The summed E-state index contributed by atoms with van der Waals surface area (Å²) in [6.07, 6.45) is 3.20. The maximum absolute atomic E-state index is 12.3. The van der Waals surface area contributed by atoms with Crippen LogP contribution in [0.15, 0.2) is 24.5 Å². The van der Waals surface area contributed by atoms with Gasteiger partial charge in [0.05, 0.1) is 20.7 Å². The van der Waals surface area contributed by atoms with E-state index in [1.54, 1.807) is 19.2 Å². The number of nitrogens with one attached hydrogen (secondary N) is 2. The van der Waals surface area contributed by atoms with E-state index in [1.807, 2.05) is 6.07 Å². The van der Waals surface area contributed by atoms with Crippen molar-refractivity contribution in [2.75, 3.05) is 12.8 Å². The first-order valence-corrected chi connectivity index (χ1v) is 10.0. The number of rotatable bonds is 2. The molecule has 0 aromatic carbocycles. The van der Waals surface area contributed by atoms with Gasteiger partial charge in [0.1, 0.15) is 0 Å². The van der Waals surface area contributed by atoms with Crippen LogP contribution in [0.25, 0.3) is 10.4 Å². The lowest BCUT2D eigenvalue weighted by atomic mass is 9.96. The highest BCUT2D eigenvalue weighted by Crippen LogP contribution is 2.41. The zero-order valence-corrected chi connectivity index (χ0v) is 15.9. The Morgan fingerprint density at radius 3 is 2.71 bits per heavy atom. The van der Waals surface area contributed by atoms with Crippen LogP contribution >= 0.6 is 34.5 Å². The van der Waals surface area contributed by atoms with Crippen LogP contribution in [0.5, 0.6) is 0 Å². The van der Waals surface area contributed by atoms with Crippen LogP contribution in [0, 0.1) is 5.41 Å². The molecule has 10 heteroatoms. The van der Waals surface area contributed by atoms with Crippen molar-refractivity contribution in [3.05, 3.63) is 39.4 Å². The lowest BCUT2D eigenvalue weighted by Crippen LogP contribution is -2.60. The van der Waals surface area contributed by atoms with Crippen LogP contribution in [0.4, 0.5) is 0 Å². The first-order valence-electron chi connectivity index (χ1n) is 6.86. The highest BCUT2D eigenvalue weighted by molar-refractivity contribution is 7.89. The molecule has 24 heavy (non-hydrogen) atoms.